The van der Waals surface area contributed by atoms with Gasteiger partial charge in [0.25, 0.3) is 0 Å². The maximum Gasteiger partial charge on any atom is 0.224 e. The van der Waals surface area contributed by atoms with Crippen molar-refractivity contribution in [3.63, 3.8) is 0 Å². The average molecular weight is 342 g/mol. The van der Waals surface area contributed by atoms with Gasteiger partial charge in [-0.15, -0.1) is 11.3 Å². The second kappa shape index (κ2) is 7.78. The number of hydrogen-bond acceptors (Lipinski definition) is 6. The van der Waals surface area contributed by atoms with Crippen molar-refractivity contribution in [3.8, 4) is 10.6 Å². The van der Waals surface area contributed by atoms with Gasteiger partial charge in [0.05, 0.1) is 18.2 Å². The maximum absolute atomic E-state index is 12.1. The number of thiazole rings is 1. The van der Waals surface area contributed by atoms with Crippen LogP contribution in [0.2, 0.25) is 0 Å². The van der Waals surface area contributed by atoms with Gasteiger partial charge in [-0.05, 0) is 12.1 Å². The zero-order chi connectivity index (χ0) is 16.8. The Morgan fingerprint density at radius 1 is 1.42 bits per heavy atom. The first kappa shape index (κ1) is 16.3. The van der Waals surface area contributed by atoms with E-state index >= 15 is 0 Å². The fourth-order valence-electron chi connectivity index (χ4n) is 2.22. The van der Waals surface area contributed by atoms with Crippen molar-refractivity contribution in [3.05, 3.63) is 48.3 Å². The zero-order valence-corrected chi connectivity index (χ0v) is 14.1. The van der Waals surface area contributed by atoms with Crippen LogP contribution < -0.4 is 5.32 Å². The number of amides is 1. The Morgan fingerprint density at radius 2 is 2.33 bits per heavy atom. The van der Waals surface area contributed by atoms with Crippen LogP contribution in [0.4, 0.5) is 0 Å². The smallest absolute Gasteiger partial charge is 0.224 e. The molecule has 7 nitrogen and oxygen atoms in total. The standard InChI is InChI=1S/C16H18N6OS/c1-12(8-22-11-18-10-20-22)15(23)19-6-4-14-9-24-16(21-14)13-3-2-5-17-7-13/h2-3,5,7,9-12H,4,6,8H2,1H3,(H,19,23). The lowest BCUT2D eigenvalue weighted by atomic mass is 10.1. The van der Waals surface area contributed by atoms with Crippen LogP contribution in [-0.2, 0) is 17.8 Å². The van der Waals surface area contributed by atoms with E-state index in [0.717, 1.165) is 16.3 Å². The Balaban J connectivity index is 1.46. The van der Waals surface area contributed by atoms with E-state index in [0.29, 0.717) is 19.5 Å². The summed E-state index contributed by atoms with van der Waals surface area (Å²) in [4.78, 5) is 24.7. The molecule has 0 fully saturated rings. The minimum atomic E-state index is -0.159. The van der Waals surface area contributed by atoms with Gasteiger partial charge in [-0.3, -0.25) is 14.5 Å². The third-order valence-corrected chi connectivity index (χ3v) is 4.46. The molecule has 0 saturated heterocycles. The third-order valence-electron chi connectivity index (χ3n) is 3.52. The summed E-state index contributed by atoms with van der Waals surface area (Å²) >= 11 is 1.59. The van der Waals surface area contributed by atoms with Gasteiger partial charge in [0.2, 0.25) is 5.91 Å². The molecule has 3 aromatic rings. The van der Waals surface area contributed by atoms with Crippen molar-refractivity contribution in [2.24, 2.45) is 5.92 Å². The van der Waals surface area contributed by atoms with E-state index in [2.05, 4.69) is 25.4 Å². The van der Waals surface area contributed by atoms with Crippen LogP contribution in [0, 0.1) is 5.92 Å². The summed E-state index contributed by atoms with van der Waals surface area (Å²) in [6, 6.07) is 3.89. The molecule has 0 aliphatic heterocycles. The van der Waals surface area contributed by atoms with Crippen LogP contribution >= 0.6 is 11.3 Å². The lowest BCUT2D eigenvalue weighted by Crippen LogP contribution is -2.33. The van der Waals surface area contributed by atoms with Gasteiger partial charge in [-0.2, -0.15) is 5.10 Å². The Kier molecular flexibility index (Phi) is 5.27. The molecule has 0 aromatic carbocycles. The molecule has 24 heavy (non-hydrogen) atoms. The van der Waals surface area contributed by atoms with Crippen molar-refractivity contribution < 1.29 is 4.79 Å². The zero-order valence-electron chi connectivity index (χ0n) is 13.3. The van der Waals surface area contributed by atoms with Crippen LogP contribution in [0.25, 0.3) is 10.6 Å². The molecule has 3 heterocycles. The van der Waals surface area contributed by atoms with Crippen LogP contribution in [0.15, 0.2) is 42.6 Å². The highest BCUT2D eigenvalue weighted by atomic mass is 32.1. The number of nitrogens with zero attached hydrogens (tertiary/aromatic N) is 5. The molecule has 0 radical (unpaired) electrons. The number of nitrogens with one attached hydrogen (secondary N) is 1. The second-order valence-corrected chi connectivity index (χ2v) is 6.30. The van der Waals surface area contributed by atoms with Crippen molar-refractivity contribution >= 4 is 17.2 Å². The van der Waals surface area contributed by atoms with Crippen LogP contribution in [0.3, 0.4) is 0 Å². The SMILES string of the molecule is CC(Cn1cncn1)C(=O)NCCc1csc(-c2cccnc2)n1. The number of carbonyl (C=O) groups is 1. The van der Waals surface area contributed by atoms with Gasteiger partial charge < -0.3 is 5.32 Å². The number of hydrogen-bond donors (Lipinski definition) is 1. The van der Waals surface area contributed by atoms with E-state index in [-0.39, 0.29) is 11.8 Å². The van der Waals surface area contributed by atoms with Gasteiger partial charge in [0.15, 0.2) is 0 Å². The molecule has 1 N–H and O–H groups in total. The summed E-state index contributed by atoms with van der Waals surface area (Å²) in [5.74, 6) is -0.152. The summed E-state index contributed by atoms with van der Waals surface area (Å²) in [7, 11) is 0. The lowest BCUT2D eigenvalue weighted by molar-refractivity contribution is -0.124. The lowest BCUT2D eigenvalue weighted by Gasteiger charge is -2.11. The average Bonchev–Trinajstić information content (AvgIpc) is 3.27. The molecular weight excluding hydrogens is 324 g/mol. The Labute approximate surface area is 143 Å². The summed E-state index contributed by atoms with van der Waals surface area (Å²) in [5, 5.41) is 9.92. The van der Waals surface area contributed by atoms with Crippen molar-refractivity contribution in [2.75, 3.05) is 6.54 Å². The Hall–Kier alpha value is -2.61. The predicted octanol–water partition coefficient (Wildman–Crippen LogP) is 1.79. The monoisotopic (exact) mass is 342 g/mol. The van der Waals surface area contributed by atoms with E-state index in [1.165, 1.54) is 6.33 Å². The fraction of sp³-hybridized carbons (Fsp3) is 0.312. The molecule has 3 rings (SSSR count). The topological polar surface area (TPSA) is 85.6 Å². The molecule has 1 unspecified atom stereocenters. The summed E-state index contributed by atoms with van der Waals surface area (Å²) < 4.78 is 1.66. The molecular formula is C16H18N6OS. The van der Waals surface area contributed by atoms with Gasteiger partial charge in [-0.1, -0.05) is 6.92 Å². The summed E-state index contributed by atoms with van der Waals surface area (Å²) in [6.45, 7) is 2.96. The molecule has 8 heteroatoms. The van der Waals surface area contributed by atoms with Crippen LogP contribution in [-0.4, -0.2) is 37.2 Å². The van der Waals surface area contributed by atoms with Gasteiger partial charge in [-0.25, -0.2) is 9.97 Å². The highest BCUT2D eigenvalue weighted by Gasteiger charge is 2.13. The van der Waals surface area contributed by atoms with Gasteiger partial charge >= 0.3 is 0 Å². The first-order chi connectivity index (χ1) is 11.7. The molecule has 3 aromatic heterocycles. The van der Waals surface area contributed by atoms with E-state index in [9.17, 15) is 4.79 Å². The van der Waals surface area contributed by atoms with Gasteiger partial charge in [0.1, 0.15) is 17.7 Å². The minimum absolute atomic E-state index is 0.00760. The van der Waals surface area contributed by atoms with E-state index in [1.807, 2.05) is 24.4 Å². The minimum Gasteiger partial charge on any atom is -0.355 e. The molecule has 0 bridgehead atoms. The number of aromatic nitrogens is 5. The Bertz CT molecular complexity index is 771. The molecule has 0 spiro atoms. The van der Waals surface area contributed by atoms with Crippen LogP contribution in [0.5, 0.6) is 0 Å². The third kappa shape index (κ3) is 4.23. The van der Waals surface area contributed by atoms with Crippen molar-refractivity contribution in [2.45, 2.75) is 19.9 Å². The molecule has 0 aliphatic rings. The van der Waals surface area contributed by atoms with Crippen molar-refractivity contribution in [1.82, 2.24) is 30.0 Å². The normalized spacial score (nSPS) is 12.0. The highest BCUT2D eigenvalue weighted by Crippen LogP contribution is 2.22. The van der Waals surface area contributed by atoms with E-state index < -0.39 is 0 Å². The number of rotatable bonds is 7. The largest absolute Gasteiger partial charge is 0.355 e. The Morgan fingerprint density at radius 3 is 3.08 bits per heavy atom. The predicted molar refractivity (Wildman–Crippen MR) is 91.2 cm³/mol. The quantitative estimate of drug-likeness (QED) is 0.707. The first-order valence-corrected chi connectivity index (χ1v) is 8.55. The number of carbonyl (C=O) groups excluding carboxylic acids is 1. The summed E-state index contributed by atoms with van der Waals surface area (Å²) in [6.07, 6.45) is 7.33. The van der Waals surface area contributed by atoms with E-state index in [4.69, 9.17) is 0 Å². The van der Waals surface area contributed by atoms with Crippen molar-refractivity contribution in [1.29, 1.82) is 0 Å². The van der Waals surface area contributed by atoms with Gasteiger partial charge in [0, 0.05) is 36.3 Å². The molecule has 124 valence electrons. The maximum atomic E-state index is 12.1. The second-order valence-electron chi connectivity index (χ2n) is 5.45. The molecule has 0 aliphatic carbocycles. The highest BCUT2D eigenvalue weighted by molar-refractivity contribution is 7.13. The molecule has 0 saturated carbocycles. The molecule has 1 atom stereocenters. The van der Waals surface area contributed by atoms with E-state index in [1.54, 1.807) is 34.7 Å². The summed E-state index contributed by atoms with van der Waals surface area (Å²) in [5.41, 5.74) is 1.99. The fourth-order valence-corrected chi connectivity index (χ4v) is 3.07. The molecule has 1 amide bonds. The number of pyridine rings is 1. The first-order valence-electron chi connectivity index (χ1n) is 7.67. The van der Waals surface area contributed by atoms with Crippen LogP contribution in [0.1, 0.15) is 12.6 Å².